The SMILES string of the molecule is CN=C(NCc1ccc(F)c(CN(C)C)c1)NC1CCN(CCOC(C)C)CC1. The molecule has 29 heavy (non-hydrogen) atoms. The molecule has 1 aliphatic heterocycles. The largest absolute Gasteiger partial charge is 0.377 e. The Morgan fingerprint density at radius 3 is 2.66 bits per heavy atom. The number of ether oxygens (including phenoxy) is 1. The highest BCUT2D eigenvalue weighted by Gasteiger charge is 2.19. The lowest BCUT2D eigenvalue weighted by Crippen LogP contribution is -2.49. The first kappa shape index (κ1) is 23.6. The Kier molecular flexibility index (Phi) is 9.84. The van der Waals surface area contributed by atoms with Gasteiger partial charge in [0.15, 0.2) is 5.96 Å². The van der Waals surface area contributed by atoms with Crippen LogP contribution in [0.2, 0.25) is 0 Å². The van der Waals surface area contributed by atoms with Gasteiger partial charge in [0.1, 0.15) is 5.82 Å². The van der Waals surface area contributed by atoms with E-state index >= 15 is 0 Å². The summed E-state index contributed by atoms with van der Waals surface area (Å²) in [5.41, 5.74) is 1.76. The van der Waals surface area contributed by atoms with E-state index in [1.807, 2.05) is 31.1 Å². The van der Waals surface area contributed by atoms with Crippen LogP contribution in [0.1, 0.15) is 37.8 Å². The maximum Gasteiger partial charge on any atom is 0.191 e. The van der Waals surface area contributed by atoms with Gasteiger partial charge in [-0.25, -0.2) is 4.39 Å². The van der Waals surface area contributed by atoms with Gasteiger partial charge in [-0.05, 0) is 58.5 Å². The van der Waals surface area contributed by atoms with Gasteiger partial charge in [0.25, 0.3) is 0 Å². The highest BCUT2D eigenvalue weighted by Crippen LogP contribution is 2.13. The number of piperidine rings is 1. The van der Waals surface area contributed by atoms with E-state index in [0.29, 0.717) is 30.8 Å². The van der Waals surface area contributed by atoms with Crippen molar-refractivity contribution in [2.24, 2.45) is 4.99 Å². The summed E-state index contributed by atoms with van der Waals surface area (Å²) in [6, 6.07) is 5.71. The van der Waals surface area contributed by atoms with Crippen molar-refractivity contribution in [1.29, 1.82) is 0 Å². The second-order valence-electron chi connectivity index (χ2n) is 8.27. The maximum atomic E-state index is 14.0. The molecular weight excluding hydrogens is 369 g/mol. The molecule has 0 atom stereocenters. The number of benzene rings is 1. The molecular formula is C22H38FN5O. The van der Waals surface area contributed by atoms with Crippen molar-refractivity contribution in [3.63, 3.8) is 0 Å². The molecule has 0 amide bonds. The minimum Gasteiger partial charge on any atom is -0.377 e. The highest BCUT2D eigenvalue weighted by atomic mass is 19.1. The minimum atomic E-state index is -0.157. The number of nitrogens with one attached hydrogen (secondary N) is 2. The van der Waals surface area contributed by atoms with Crippen molar-refractivity contribution >= 4 is 5.96 Å². The number of nitrogens with zero attached hydrogens (tertiary/aromatic N) is 3. The quantitative estimate of drug-likeness (QED) is 0.486. The van der Waals surface area contributed by atoms with Crippen molar-refractivity contribution in [3.8, 4) is 0 Å². The van der Waals surface area contributed by atoms with E-state index in [9.17, 15) is 4.39 Å². The molecule has 0 spiro atoms. The second-order valence-corrected chi connectivity index (χ2v) is 8.27. The highest BCUT2D eigenvalue weighted by molar-refractivity contribution is 5.79. The van der Waals surface area contributed by atoms with Crippen molar-refractivity contribution in [1.82, 2.24) is 20.4 Å². The molecule has 1 aliphatic rings. The summed E-state index contributed by atoms with van der Waals surface area (Å²) in [7, 11) is 5.67. The van der Waals surface area contributed by atoms with Crippen LogP contribution in [0.4, 0.5) is 4.39 Å². The number of guanidine groups is 1. The van der Waals surface area contributed by atoms with Crippen molar-refractivity contribution in [2.45, 2.75) is 51.9 Å². The first-order valence-corrected chi connectivity index (χ1v) is 10.6. The van der Waals surface area contributed by atoms with E-state index in [1.165, 1.54) is 0 Å². The lowest BCUT2D eigenvalue weighted by atomic mass is 10.1. The fraction of sp³-hybridized carbons (Fsp3) is 0.682. The van der Waals surface area contributed by atoms with E-state index < -0.39 is 0 Å². The number of likely N-dealkylation sites (tertiary alicyclic amines) is 1. The van der Waals surface area contributed by atoms with Crippen LogP contribution in [0.5, 0.6) is 0 Å². The summed E-state index contributed by atoms with van der Waals surface area (Å²) in [6.45, 7) is 9.29. The molecule has 0 aromatic heterocycles. The lowest BCUT2D eigenvalue weighted by Gasteiger charge is -2.33. The summed E-state index contributed by atoms with van der Waals surface area (Å²) < 4.78 is 19.6. The van der Waals surface area contributed by atoms with Crippen LogP contribution in [0, 0.1) is 5.82 Å². The van der Waals surface area contributed by atoms with Crippen LogP contribution >= 0.6 is 0 Å². The Bertz CT molecular complexity index is 642. The first-order chi connectivity index (χ1) is 13.9. The molecule has 0 aliphatic carbocycles. The predicted octanol–water partition coefficient (Wildman–Crippen LogP) is 2.44. The summed E-state index contributed by atoms with van der Waals surface area (Å²) in [6.07, 6.45) is 2.47. The van der Waals surface area contributed by atoms with Crippen LogP contribution in [-0.4, -0.2) is 75.3 Å². The Morgan fingerprint density at radius 2 is 2.03 bits per heavy atom. The molecule has 7 heteroatoms. The molecule has 1 aromatic carbocycles. The molecule has 1 heterocycles. The summed E-state index contributed by atoms with van der Waals surface area (Å²) in [5, 5.41) is 6.89. The third kappa shape index (κ3) is 8.68. The third-order valence-electron chi connectivity index (χ3n) is 5.07. The number of hydrogen-bond donors (Lipinski definition) is 2. The number of halogens is 1. The average Bonchev–Trinajstić information content (AvgIpc) is 2.68. The van der Waals surface area contributed by atoms with Gasteiger partial charge in [-0.2, -0.15) is 0 Å². The second kappa shape index (κ2) is 12.1. The predicted molar refractivity (Wildman–Crippen MR) is 118 cm³/mol. The van der Waals surface area contributed by atoms with E-state index in [2.05, 4.69) is 34.4 Å². The minimum absolute atomic E-state index is 0.157. The van der Waals surface area contributed by atoms with Gasteiger partial charge in [-0.1, -0.05) is 6.07 Å². The zero-order valence-electron chi connectivity index (χ0n) is 18.7. The smallest absolute Gasteiger partial charge is 0.191 e. The van der Waals surface area contributed by atoms with Gasteiger partial charge in [0.2, 0.25) is 0 Å². The maximum absolute atomic E-state index is 14.0. The fourth-order valence-corrected chi connectivity index (χ4v) is 3.49. The topological polar surface area (TPSA) is 52.1 Å². The van der Waals surface area contributed by atoms with Crippen molar-refractivity contribution < 1.29 is 9.13 Å². The van der Waals surface area contributed by atoms with Crippen LogP contribution < -0.4 is 10.6 Å². The molecule has 0 radical (unpaired) electrons. The molecule has 2 N–H and O–H groups in total. The molecule has 1 aromatic rings. The standard InChI is InChI=1S/C22H38FN5O/c1-17(2)29-13-12-28-10-8-20(9-11-28)26-22(24-3)25-15-18-6-7-21(23)19(14-18)16-27(4)5/h6-7,14,17,20H,8-13,15-16H2,1-5H3,(H2,24,25,26). The van der Waals surface area contributed by atoms with E-state index in [-0.39, 0.29) is 5.82 Å². The Labute approximate surface area is 175 Å². The van der Waals surface area contributed by atoms with Crippen molar-refractivity contribution in [3.05, 3.63) is 35.1 Å². The molecule has 0 saturated carbocycles. The Balaban J connectivity index is 1.76. The summed E-state index contributed by atoms with van der Waals surface area (Å²) in [5.74, 6) is 0.639. The number of aliphatic imine (C=N–C) groups is 1. The monoisotopic (exact) mass is 407 g/mol. The molecule has 2 rings (SSSR count). The zero-order chi connectivity index (χ0) is 21.2. The molecule has 0 unspecified atom stereocenters. The Morgan fingerprint density at radius 1 is 1.31 bits per heavy atom. The molecule has 6 nitrogen and oxygen atoms in total. The first-order valence-electron chi connectivity index (χ1n) is 10.6. The van der Waals surface area contributed by atoms with E-state index in [4.69, 9.17) is 4.74 Å². The molecule has 0 bridgehead atoms. The molecule has 1 fully saturated rings. The van der Waals surface area contributed by atoms with Crippen LogP contribution in [0.3, 0.4) is 0 Å². The Hall–Kier alpha value is -1.70. The lowest BCUT2D eigenvalue weighted by molar-refractivity contribution is 0.0532. The van der Waals surface area contributed by atoms with E-state index in [0.717, 1.165) is 50.6 Å². The van der Waals surface area contributed by atoms with Crippen LogP contribution in [-0.2, 0) is 17.8 Å². The van der Waals surface area contributed by atoms with Crippen LogP contribution in [0.15, 0.2) is 23.2 Å². The summed E-state index contributed by atoms with van der Waals surface area (Å²) >= 11 is 0. The fourth-order valence-electron chi connectivity index (χ4n) is 3.49. The van der Waals surface area contributed by atoms with Crippen LogP contribution in [0.25, 0.3) is 0 Å². The normalized spacial score (nSPS) is 16.6. The van der Waals surface area contributed by atoms with Gasteiger partial charge in [0, 0.05) is 51.4 Å². The van der Waals surface area contributed by atoms with Gasteiger partial charge in [0.05, 0.1) is 12.7 Å². The molecule has 1 saturated heterocycles. The van der Waals surface area contributed by atoms with Gasteiger partial charge < -0.3 is 25.2 Å². The third-order valence-corrected chi connectivity index (χ3v) is 5.07. The molecule has 164 valence electrons. The van der Waals surface area contributed by atoms with Gasteiger partial charge in [-0.3, -0.25) is 4.99 Å². The number of hydrogen-bond acceptors (Lipinski definition) is 4. The van der Waals surface area contributed by atoms with Gasteiger partial charge in [-0.15, -0.1) is 0 Å². The van der Waals surface area contributed by atoms with E-state index in [1.54, 1.807) is 13.1 Å². The summed E-state index contributed by atoms with van der Waals surface area (Å²) in [4.78, 5) is 8.78. The van der Waals surface area contributed by atoms with Crippen molar-refractivity contribution in [2.75, 3.05) is 47.4 Å². The number of rotatable bonds is 9. The zero-order valence-corrected chi connectivity index (χ0v) is 18.7. The average molecular weight is 408 g/mol. The van der Waals surface area contributed by atoms with Gasteiger partial charge >= 0.3 is 0 Å².